The van der Waals surface area contributed by atoms with Gasteiger partial charge < -0.3 is 10.6 Å². The van der Waals surface area contributed by atoms with Crippen LogP contribution in [0.4, 0.5) is 10.5 Å². The van der Waals surface area contributed by atoms with E-state index in [1.165, 1.54) is 0 Å². The predicted molar refractivity (Wildman–Crippen MR) is 81.6 cm³/mol. The number of benzene rings is 1. The van der Waals surface area contributed by atoms with Gasteiger partial charge in [0.15, 0.2) is 0 Å². The van der Waals surface area contributed by atoms with E-state index < -0.39 is 0 Å². The molecule has 1 aromatic carbocycles. The summed E-state index contributed by atoms with van der Waals surface area (Å²) in [5.74, 6) is 0. The summed E-state index contributed by atoms with van der Waals surface area (Å²) >= 11 is 3.15. The Morgan fingerprint density at radius 3 is 3.00 bits per heavy atom. The normalized spacial score (nSPS) is 10.8. The van der Waals surface area contributed by atoms with Crippen LogP contribution in [0.5, 0.6) is 0 Å². The molecule has 0 saturated carbocycles. The van der Waals surface area contributed by atoms with Gasteiger partial charge in [-0.05, 0) is 24.0 Å². The Kier molecular flexibility index (Phi) is 4.52. The zero-order valence-corrected chi connectivity index (χ0v) is 12.1. The number of rotatable bonds is 3. The van der Waals surface area contributed by atoms with Crippen molar-refractivity contribution in [3.05, 3.63) is 47.1 Å². The lowest BCUT2D eigenvalue weighted by atomic mass is 10.1. The van der Waals surface area contributed by atoms with E-state index in [1.54, 1.807) is 11.1 Å². The molecular weight excluding hydrogens is 306 g/mol. The third kappa shape index (κ3) is 3.54. The van der Waals surface area contributed by atoms with Crippen LogP contribution in [-0.2, 0) is 0 Å². The fourth-order valence-corrected chi connectivity index (χ4v) is 1.96. The van der Waals surface area contributed by atoms with E-state index >= 15 is 0 Å². The summed E-state index contributed by atoms with van der Waals surface area (Å²) in [4.78, 5) is 17.9. The second-order valence-electron chi connectivity index (χ2n) is 4.03. The summed E-state index contributed by atoms with van der Waals surface area (Å²) in [6.07, 6.45) is 1.80. The van der Waals surface area contributed by atoms with Gasteiger partial charge in [-0.3, -0.25) is 4.98 Å². The number of anilines is 1. The van der Waals surface area contributed by atoms with Crippen molar-refractivity contribution in [3.8, 4) is 0 Å². The Morgan fingerprint density at radius 1 is 1.42 bits per heavy atom. The lowest BCUT2D eigenvalue weighted by Gasteiger charge is -2.10. The average Bonchev–Trinajstić information content (AvgIpc) is 2.39. The minimum absolute atomic E-state index is 0.235. The molecule has 0 aliphatic heterocycles. The van der Waals surface area contributed by atoms with E-state index in [1.807, 2.05) is 37.3 Å². The molecule has 2 N–H and O–H groups in total. The maximum atomic E-state index is 11.8. The highest BCUT2D eigenvalue weighted by molar-refractivity contribution is 9.11. The molecule has 0 spiro atoms. The van der Waals surface area contributed by atoms with E-state index in [4.69, 9.17) is 0 Å². The Morgan fingerprint density at radius 2 is 2.21 bits per heavy atom. The summed E-state index contributed by atoms with van der Waals surface area (Å²) in [6, 6.07) is 9.35. The molecule has 0 saturated heterocycles. The van der Waals surface area contributed by atoms with Crippen LogP contribution in [0.1, 0.15) is 5.69 Å². The number of aryl methyl sites for hydroxylation is 1. The number of carbonyl (C=O) groups is 1. The molecule has 98 valence electrons. The van der Waals surface area contributed by atoms with Crippen LogP contribution in [0.15, 0.2) is 41.4 Å². The summed E-state index contributed by atoms with van der Waals surface area (Å²) in [7, 11) is 0. The van der Waals surface area contributed by atoms with E-state index in [-0.39, 0.29) is 6.03 Å². The van der Waals surface area contributed by atoms with Gasteiger partial charge in [-0.2, -0.15) is 0 Å². The number of nitrogens with one attached hydrogen (secondary N) is 2. The number of halogens is 1. The van der Waals surface area contributed by atoms with Crippen molar-refractivity contribution in [3.63, 3.8) is 0 Å². The second kappa shape index (κ2) is 6.33. The van der Waals surface area contributed by atoms with Crippen LogP contribution in [0.3, 0.4) is 0 Å². The monoisotopic (exact) mass is 319 g/mol. The van der Waals surface area contributed by atoms with Crippen molar-refractivity contribution in [2.45, 2.75) is 6.92 Å². The Balaban J connectivity index is 2.22. The fraction of sp³-hybridized carbons (Fsp3) is 0.143. The number of carbonyl (C=O) groups excluding carboxylic acids is 1. The molecule has 2 aromatic rings. The van der Waals surface area contributed by atoms with Crippen LogP contribution in [0, 0.1) is 6.92 Å². The highest BCUT2D eigenvalue weighted by Crippen LogP contribution is 2.22. The van der Waals surface area contributed by atoms with E-state index in [0.29, 0.717) is 6.54 Å². The lowest BCUT2D eigenvalue weighted by molar-refractivity contribution is 0.253. The lowest BCUT2D eigenvalue weighted by Crippen LogP contribution is -2.28. The third-order valence-electron chi connectivity index (χ3n) is 2.56. The standard InChI is InChI=1S/C14H14BrN3O/c1-10-9-13(18-14(19)16-8-4-7-15)11-5-2-3-6-12(11)17-10/h2-7,9H,8H2,1H3,(H2,16,17,18,19)/b7-4+. The maximum absolute atomic E-state index is 11.8. The first-order valence-corrected chi connectivity index (χ1v) is 6.79. The molecule has 5 heteroatoms. The van der Waals surface area contributed by atoms with Crippen molar-refractivity contribution >= 4 is 38.6 Å². The molecule has 4 nitrogen and oxygen atoms in total. The molecule has 0 atom stereocenters. The van der Waals surface area contributed by atoms with Crippen molar-refractivity contribution in [2.75, 3.05) is 11.9 Å². The number of nitrogens with zero attached hydrogens (tertiary/aromatic N) is 1. The first-order valence-electron chi connectivity index (χ1n) is 5.87. The molecule has 0 aliphatic carbocycles. The van der Waals surface area contributed by atoms with Crippen molar-refractivity contribution in [2.24, 2.45) is 0 Å². The first kappa shape index (κ1) is 13.5. The number of hydrogen-bond acceptors (Lipinski definition) is 2. The van der Waals surface area contributed by atoms with Crippen molar-refractivity contribution in [1.29, 1.82) is 0 Å². The van der Waals surface area contributed by atoms with Crippen LogP contribution in [0.2, 0.25) is 0 Å². The van der Waals surface area contributed by atoms with Gasteiger partial charge in [0.05, 0.1) is 11.2 Å². The highest BCUT2D eigenvalue weighted by Gasteiger charge is 2.06. The number of fused-ring (bicyclic) bond motifs is 1. The van der Waals surface area contributed by atoms with E-state index in [9.17, 15) is 4.79 Å². The van der Waals surface area contributed by atoms with Crippen molar-refractivity contribution < 1.29 is 4.79 Å². The summed E-state index contributed by atoms with van der Waals surface area (Å²) < 4.78 is 0. The van der Waals surface area contributed by atoms with Crippen LogP contribution >= 0.6 is 15.9 Å². The predicted octanol–water partition coefficient (Wildman–Crippen LogP) is 3.57. The van der Waals surface area contributed by atoms with E-state index in [0.717, 1.165) is 22.3 Å². The van der Waals surface area contributed by atoms with Gasteiger partial charge in [-0.15, -0.1) is 0 Å². The number of hydrogen-bond donors (Lipinski definition) is 2. The second-order valence-corrected chi connectivity index (χ2v) is 4.55. The Hall–Kier alpha value is -1.88. The first-order chi connectivity index (χ1) is 9.20. The fourth-order valence-electron chi connectivity index (χ4n) is 1.77. The number of urea groups is 1. The minimum Gasteiger partial charge on any atom is -0.334 e. The molecule has 0 bridgehead atoms. The van der Waals surface area contributed by atoms with Gasteiger partial charge in [0.1, 0.15) is 0 Å². The minimum atomic E-state index is -0.235. The molecule has 2 rings (SSSR count). The number of aromatic nitrogens is 1. The third-order valence-corrected chi connectivity index (χ3v) is 2.94. The molecule has 1 aromatic heterocycles. The van der Waals surface area contributed by atoms with Crippen LogP contribution in [-0.4, -0.2) is 17.6 Å². The van der Waals surface area contributed by atoms with Crippen molar-refractivity contribution in [1.82, 2.24) is 10.3 Å². The molecule has 19 heavy (non-hydrogen) atoms. The molecule has 1 heterocycles. The quantitative estimate of drug-likeness (QED) is 0.908. The summed E-state index contributed by atoms with van der Waals surface area (Å²) in [6.45, 7) is 2.38. The molecular formula is C14H14BrN3O. The summed E-state index contributed by atoms with van der Waals surface area (Å²) in [5, 5.41) is 6.50. The molecule has 0 fully saturated rings. The van der Waals surface area contributed by atoms with Gasteiger partial charge in [0, 0.05) is 17.6 Å². The Bertz CT molecular complexity index is 625. The molecule has 0 unspecified atom stereocenters. The molecule has 2 amide bonds. The Labute approximate surface area is 120 Å². The highest BCUT2D eigenvalue weighted by atomic mass is 79.9. The number of pyridine rings is 1. The van der Waals surface area contributed by atoms with Crippen LogP contribution < -0.4 is 10.6 Å². The van der Waals surface area contributed by atoms with Gasteiger partial charge >= 0.3 is 6.03 Å². The topological polar surface area (TPSA) is 54.0 Å². The smallest absolute Gasteiger partial charge is 0.319 e. The zero-order valence-electron chi connectivity index (χ0n) is 10.5. The van der Waals surface area contributed by atoms with Crippen LogP contribution in [0.25, 0.3) is 10.9 Å². The molecule has 0 aliphatic rings. The number of amides is 2. The number of para-hydroxylation sites is 1. The van der Waals surface area contributed by atoms with Gasteiger partial charge in [-0.1, -0.05) is 40.2 Å². The SMILES string of the molecule is Cc1cc(NC(=O)NC/C=C/Br)c2ccccc2n1. The largest absolute Gasteiger partial charge is 0.334 e. The van der Waals surface area contributed by atoms with Gasteiger partial charge in [-0.25, -0.2) is 4.79 Å². The van der Waals surface area contributed by atoms with Gasteiger partial charge in [0.2, 0.25) is 0 Å². The van der Waals surface area contributed by atoms with Gasteiger partial charge in [0.25, 0.3) is 0 Å². The van der Waals surface area contributed by atoms with E-state index in [2.05, 4.69) is 31.5 Å². The maximum Gasteiger partial charge on any atom is 0.319 e. The zero-order chi connectivity index (χ0) is 13.7. The summed E-state index contributed by atoms with van der Waals surface area (Å²) in [5.41, 5.74) is 2.51. The molecule has 0 radical (unpaired) electrons. The average molecular weight is 320 g/mol.